The van der Waals surface area contributed by atoms with Crippen LogP contribution in [0, 0.1) is 19.7 Å². The predicted octanol–water partition coefficient (Wildman–Crippen LogP) is 3.15. The van der Waals surface area contributed by atoms with Crippen molar-refractivity contribution in [1.29, 1.82) is 0 Å². The van der Waals surface area contributed by atoms with Gasteiger partial charge in [-0.15, -0.1) is 0 Å². The van der Waals surface area contributed by atoms with Gasteiger partial charge in [0.15, 0.2) is 0 Å². The first-order valence-corrected chi connectivity index (χ1v) is 5.98. The van der Waals surface area contributed by atoms with Gasteiger partial charge in [-0.05, 0) is 56.3 Å². The highest BCUT2D eigenvalue weighted by molar-refractivity contribution is 5.35. The number of nitrogens with zero attached hydrogens (tertiary/aromatic N) is 1. The van der Waals surface area contributed by atoms with Gasteiger partial charge in [0.25, 0.3) is 0 Å². The average Bonchev–Trinajstić information content (AvgIpc) is 2.35. The fourth-order valence-electron chi connectivity index (χ4n) is 2.11. The van der Waals surface area contributed by atoms with Gasteiger partial charge in [0.2, 0.25) is 0 Å². The second-order valence-electron chi connectivity index (χ2n) is 4.43. The van der Waals surface area contributed by atoms with Gasteiger partial charge in [-0.1, -0.05) is 12.1 Å². The molecule has 0 bridgehead atoms. The van der Waals surface area contributed by atoms with Crippen LogP contribution in [0.2, 0.25) is 0 Å². The van der Waals surface area contributed by atoms with Gasteiger partial charge < -0.3 is 5.32 Å². The van der Waals surface area contributed by atoms with Crippen LogP contribution >= 0.6 is 0 Å². The Bertz CT molecular complexity index is 552. The van der Waals surface area contributed by atoms with Gasteiger partial charge in [0, 0.05) is 5.69 Å². The third kappa shape index (κ3) is 2.57. The number of hydrogen-bond donors (Lipinski definition) is 1. The van der Waals surface area contributed by atoms with Gasteiger partial charge in [0.1, 0.15) is 5.82 Å². The third-order valence-electron chi connectivity index (χ3n) is 3.05. The summed E-state index contributed by atoms with van der Waals surface area (Å²) in [6.07, 6.45) is 0. The Labute approximate surface area is 107 Å². The Hall–Kier alpha value is -1.74. The largest absolute Gasteiger partial charge is 0.308 e. The van der Waals surface area contributed by atoms with E-state index in [0.29, 0.717) is 0 Å². The first kappa shape index (κ1) is 12.7. The summed E-state index contributed by atoms with van der Waals surface area (Å²) in [6, 6.07) is 10.6. The highest BCUT2D eigenvalue weighted by atomic mass is 19.1. The molecule has 18 heavy (non-hydrogen) atoms. The number of hydrogen-bond acceptors (Lipinski definition) is 2. The van der Waals surface area contributed by atoms with Gasteiger partial charge in [-0.2, -0.15) is 0 Å². The SMILES string of the molecule is CNC(c1cccc(C)n1)c1cc(F)ccc1C. The number of aryl methyl sites for hydroxylation is 2. The number of halogens is 1. The summed E-state index contributed by atoms with van der Waals surface area (Å²) >= 11 is 0. The molecule has 1 unspecified atom stereocenters. The molecule has 0 fully saturated rings. The number of rotatable bonds is 3. The van der Waals surface area contributed by atoms with E-state index in [0.717, 1.165) is 22.5 Å². The summed E-state index contributed by atoms with van der Waals surface area (Å²) in [6.45, 7) is 3.93. The van der Waals surface area contributed by atoms with E-state index in [2.05, 4.69) is 10.3 Å². The molecule has 0 radical (unpaired) electrons. The highest BCUT2D eigenvalue weighted by Crippen LogP contribution is 2.24. The number of nitrogens with one attached hydrogen (secondary N) is 1. The molecule has 0 aliphatic heterocycles. The Kier molecular flexibility index (Phi) is 3.72. The maximum Gasteiger partial charge on any atom is 0.123 e. The van der Waals surface area contributed by atoms with Crippen molar-refractivity contribution in [2.75, 3.05) is 7.05 Å². The van der Waals surface area contributed by atoms with Crippen molar-refractivity contribution in [3.63, 3.8) is 0 Å². The zero-order chi connectivity index (χ0) is 13.1. The smallest absolute Gasteiger partial charge is 0.123 e. The molecule has 0 spiro atoms. The molecule has 1 N–H and O–H groups in total. The van der Waals surface area contributed by atoms with Gasteiger partial charge in [-0.25, -0.2) is 4.39 Å². The Morgan fingerprint density at radius 3 is 2.61 bits per heavy atom. The van der Waals surface area contributed by atoms with E-state index in [4.69, 9.17) is 0 Å². The first-order chi connectivity index (χ1) is 8.61. The molecule has 0 saturated carbocycles. The summed E-state index contributed by atoms with van der Waals surface area (Å²) in [4.78, 5) is 4.51. The monoisotopic (exact) mass is 244 g/mol. The van der Waals surface area contributed by atoms with E-state index in [1.54, 1.807) is 12.1 Å². The van der Waals surface area contributed by atoms with E-state index in [1.165, 1.54) is 6.07 Å². The highest BCUT2D eigenvalue weighted by Gasteiger charge is 2.16. The molecule has 0 saturated heterocycles. The molecule has 2 aromatic rings. The molecule has 3 heteroatoms. The van der Waals surface area contributed by atoms with Gasteiger partial charge in [0.05, 0.1) is 11.7 Å². The third-order valence-corrected chi connectivity index (χ3v) is 3.05. The van der Waals surface area contributed by atoms with Crippen molar-refractivity contribution in [3.8, 4) is 0 Å². The minimum atomic E-state index is -0.219. The van der Waals surface area contributed by atoms with Crippen molar-refractivity contribution in [1.82, 2.24) is 10.3 Å². The molecule has 94 valence electrons. The lowest BCUT2D eigenvalue weighted by atomic mass is 9.98. The number of aromatic nitrogens is 1. The maximum absolute atomic E-state index is 13.4. The Morgan fingerprint density at radius 1 is 1.17 bits per heavy atom. The molecular formula is C15H17FN2. The molecule has 1 aromatic heterocycles. The molecule has 0 aliphatic carbocycles. The van der Waals surface area contributed by atoms with Crippen molar-refractivity contribution in [2.24, 2.45) is 0 Å². The van der Waals surface area contributed by atoms with Crippen LogP contribution in [0.25, 0.3) is 0 Å². The van der Waals surface area contributed by atoms with Crippen LogP contribution in [-0.2, 0) is 0 Å². The molecular weight excluding hydrogens is 227 g/mol. The molecule has 2 nitrogen and oxygen atoms in total. The first-order valence-electron chi connectivity index (χ1n) is 5.98. The normalized spacial score (nSPS) is 12.4. The molecule has 0 amide bonds. The van der Waals surface area contributed by atoms with Gasteiger partial charge >= 0.3 is 0 Å². The topological polar surface area (TPSA) is 24.9 Å². The van der Waals surface area contributed by atoms with Crippen LogP contribution in [-0.4, -0.2) is 12.0 Å². The number of benzene rings is 1. The molecule has 0 aliphatic rings. The summed E-state index contributed by atoms with van der Waals surface area (Å²) < 4.78 is 13.4. The predicted molar refractivity (Wildman–Crippen MR) is 71.0 cm³/mol. The van der Waals surface area contributed by atoms with Gasteiger partial charge in [-0.3, -0.25) is 4.98 Å². The van der Waals surface area contributed by atoms with E-state index in [1.807, 2.05) is 39.1 Å². The van der Waals surface area contributed by atoms with Crippen LogP contribution in [0.1, 0.15) is 28.6 Å². The Balaban J connectivity index is 2.48. The van der Waals surface area contributed by atoms with Crippen LogP contribution in [0.3, 0.4) is 0 Å². The molecule has 1 aromatic carbocycles. The van der Waals surface area contributed by atoms with Crippen LogP contribution in [0.4, 0.5) is 4.39 Å². The van der Waals surface area contributed by atoms with E-state index >= 15 is 0 Å². The van der Waals surface area contributed by atoms with Crippen LogP contribution in [0.15, 0.2) is 36.4 Å². The fourth-order valence-corrected chi connectivity index (χ4v) is 2.11. The molecule has 2 rings (SSSR count). The zero-order valence-corrected chi connectivity index (χ0v) is 10.9. The summed E-state index contributed by atoms with van der Waals surface area (Å²) in [7, 11) is 1.86. The minimum absolute atomic E-state index is 0.0828. The average molecular weight is 244 g/mol. The molecule has 1 heterocycles. The fraction of sp³-hybridized carbons (Fsp3) is 0.267. The van der Waals surface area contributed by atoms with Crippen molar-refractivity contribution < 1.29 is 4.39 Å². The van der Waals surface area contributed by atoms with Crippen LogP contribution < -0.4 is 5.32 Å². The standard InChI is InChI=1S/C15H17FN2/c1-10-7-8-12(16)9-13(10)15(17-3)14-6-4-5-11(2)18-14/h4-9,15,17H,1-3H3. The van der Waals surface area contributed by atoms with Crippen LogP contribution in [0.5, 0.6) is 0 Å². The lowest BCUT2D eigenvalue weighted by Crippen LogP contribution is -2.20. The Morgan fingerprint density at radius 2 is 1.94 bits per heavy atom. The lowest BCUT2D eigenvalue weighted by Gasteiger charge is -2.19. The van der Waals surface area contributed by atoms with Crippen molar-refractivity contribution in [2.45, 2.75) is 19.9 Å². The van der Waals surface area contributed by atoms with E-state index in [9.17, 15) is 4.39 Å². The quantitative estimate of drug-likeness (QED) is 0.897. The van der Waals surface area contributed by atoms with E-state index in [-0.39, 0.29) is 11.9 Å². The van der Waals surface area contributed by atoms with Crippen molar-refractivity contribution >= 4 is 0 Å². The second-order valence-corrected chi connectivity index (χ2v) is 4.43. The minimum Gasteiger partial charge on any atom is -0.308 e. The second kappa shape index (κ2) is 5.27. The van der Waals surface area contributed by atoms with E-state index < -0.39 is 0 Å². The summed E-state index contributed by atoms with van der Waals surface area (Å²) in [5, 5.41) is 3.20. The van der Waals surface area contributed by atoms with Crippen molar-refractivity contribution in [3.05, 3.63) is 64.7 Å². The lowest BCUT2D eigenvalue weighted by molar-refractivity contribution is 0.611. The zero-order valence-electron chi connectivity index (χ0n) is 10.9. The summed E-state index contributed by atoms with van der Waals surface area (Å²) in [5.41, 5.74) is 3.85. The number of pyridine rings is 1. The molecule has 1 atom stereocenters. The maximum atomic E-state index is 13.4. The summed E-state index contributed by atoms with van der Waals surface area (Å²) in [5.74, 6) is -0.219.